The molecule has 2 aliphatic heterocycles. The van der Waals surface area contributed by atoms with Crippen LogP contribution in [0.1, 0.15) is 92.9 Å². The minimum atomic E-state index is -3.89. The van der Waals surface area contributed by atoms with Crippen LogP contribution in [0.5, 0.6) is 0 Å². The normalized spacial score (nSPS) is 34.6. The zero-order valence-electron chi connectivity index (χ0n) is 25.1. The van der Waals surface area contributed by atoms with E-state index >= 15 is 0 Å². The van der Waals surface area contributed by atoms with E-state index < -0.39 is 55.9 Å². The molecular formula is C29H46N4O7S. The lowest BCUT2D eigenvalue weighted by Gasteiger charge is -2.33. The van der Waals surface area contributed by atoms with Crippen LogP contribution in [0.4, 0.5) is 4.79 Å². The summed E-state index contributed by atoms with van der Waals surface area (Å²) >= 11 is 0. The van der Waals surface area contributed by atoms with Crippen molar-refractivity contribution in [3.05, 3.63) is 12.2 Å². The first kappa shape index (κ1) is 31.3. The molecule has 1 saturated heterocycles. The molecule has 230 valence electrons. The number of nitrogens with one attached hydrogen (secondary N) is 3. The van der Waals surface area contributed by atoms with Crippen molar-refractivity contribution in [3.63, 3.8) is 0 Å². The fourth-order valence-corrected chi connectivity index (χ4v) is 7.27. The van der Waals surface area contributed by atoms with E-state index in [1.54, 1.807) is 27.7 Å². The van der Waals surface area contributed by atoms with Gasteiger partial charge in [-0.05, 0) is 90.9 Å². The van der Waals surface area contributed by atoms with Gasteiger partial charge in [-0.3, -0.25) is 19.1 Å². The predicted molar refractivity (Wildman–Crippen MR) is 153 cm³/mol. The summed E-state index contributed by atoms with van der Waals surface area (Å²) in [5, 5.41) is 5.63. The SMILES string of the molecule is C[C@@H]1CC/C=C\[C@@H]2C[C@@]2(C(=O)NS(=O)(=O)C2(C)CC2)NC(=O)[C@@H]2CCCN2C(=O)[C@@H](NC(=O)OC(C)(C)C)[C@H](C)C1. The highest BCUT2D eigenvalue weighted by Crippen LogP contribution is 2.47. The number of nitrogens with zero attached hydrogens (tertiary/aromatic N) is 1. The third kappa shape index (κ3) is 6.89. The van der Waals surface area contributed by atoms with Gasteiger partial charge in [0.25, 0.3) is 5.91 Å². The number of carbonyl (C=O) groups excluding carboxylic acids is 4. The summed E-state index contributed by atoms with van der Waals surface area (Å²) in [7, 11) is -3.89. The van der Waals surface area contributed by atoms with Gasteiger partial charge in [-0.15, -0.1) is 0 Å². The van der Waals surface area contributed by atoms with Crippen molar-refractivity contribution in [2.24, 2.45) is 17.8 Å². The Morgan fingerprint density at radius 2 is 1.83 bits per heavy atom. The lowest BCUT2D eigenvalue weighted by molar-refractivity contribution is -0.142. The quantitative estimate of drug-likeness (QED) is 0.424. The van der Waals surface area contributed by atoms with Crippen LogP contribution in [0.3, 0.4) is 0 Å². The lowest BCUT2D eigenvalue weighted by Crippen LogP contribution is -2.59. The molecule has 11 nitrogen and oxygen atoms in total. The monoisotopic (exact) mass is 594 g/mol. The number of carbonyl (C=O) groups is 4. The third-order valence-electron chi connectivity index (χ3n) is 8.91. The molecule has 0 radical (unpaired) electrons. The molecule has 3 N–H and O–H groups in total. The van der Waals surface area contributed by atoms with E-state index in [-0.39, 0.29) is 30.1 Å². The van der Waals surface area contributed by atoms with Gasteiger partial charge in [-0.1, -0.05) is 26.0 Å². The molecule has 2 aliphatic carbocycles. The smallest absolute Gasteiger partial charge is 0.408 e. The van der Waals surface area contributed by atoms with Crippen LogP contribution in [0, 0.1) is 17.8 Å². The average Bonchev–Trinajstić information content (AvgIpc) is 3.71. The van der Waals surface area contributed by atoms with E-state index in [0.29, 0.717) is 38.6 Å². The Kier molecular flexibility index (Phi) is 8.57. The van der Waals surface area contributed by atoms with Crippen LogP contribution < -0.4 is 15.4 Å². The minimum Gasteiger partial charge on any atom is -0.444 e. The van der Waals surface area contributed by atoms with E-state index in [1.165, 1.54) is 4.90 Å². The van der Waals surface area contributed by atoms with Crippen LogP contribution >= 0.6 is 0 Å². The molecule has 4 rings (SSSR count). The lowest BCUT2D eigenvalue weighted by atomic mass is 9.88. The zero-order valence-corrected chi connectivity index (χ0v) is 25.9. The van der Waals surface area contributed by atoms with E-state index in [4.69, 9.17) is 4.74 Å². The van der Waals surface area contributed by atoms with E-state index in [9.17, 15) is 27.6 Å². The van der Waals surface area contributed by atoms with Gasteiger partial charge < -0.3 is 20.3 Å². The summed E-state index contributed by atoms with van der Waals surface area (Å²) in [4.78, 5) is 55.3. The predicted octanol–water partition coefficient (Wildman–Crippen LogP) is 2.76. The Balaban J connectivity index is 1.60. The number of hydrogen-bond donors (Lipinski definition) is 3. The van der Waals surface area contributed by atoms with Crippen LogP contribution in [-0.2, 0) is 29.1 Å². The molecule has 3 fully saturated rings. The first-order chi connectivity index (χ1) is 19.0. The van der Waals surface area contributed by atoms with Crippen LogP contribution in [0.15, 0.2) is 12.2 Å². The Bertz CT molecular complexity index is 1210. The Hall–Kier alpha value is -2.63. The Morgan fingerprint density at radius 1 is 1.15 bits per heavy atom. The van der Waals surface area contributed by atoms with Gasteiger partial charge in [0, 0.05) is 12.5 Å². The zero-order chi connectivity index (χ0) is 30.4. The maximum Gasteiger partial charge on any atom is 0.408 e. The molecule has 2 saturated carbocycles. The Morgan fingerprint density at radius 3 is 2.46 bits per heavy atom. The Labute approximate surface area is 243 Å². The van der Waals surface area contributed by atoms with Crippen LogP contribution in [0.2, 0.25) is 0 Å². The average molecular weight is 595 g/mol. The van der Waals surface area contributed by atoms with Gasteiger partial charge in [0.2, 0.25) is 21.8 Å². The summed E-state index contributed by atoms with van der Waals surface area (Å²) in [5.74, 6) is -1.93. The first-order valence-electron chi connectivity index (χ1n) is 14.8. The molecule has 12 heteroatoms. The first-order valence-corrected chi connectivity index (χ1v) is 16.3. The summed E-state index contributed by atoms with van der Waals surface area (Å²) in [6, 6.07) is -1.73. The highest BCUT2D eigenvalue weighted by molar-refractivity contribution is 7.91. The van der Waals surface area contributed by atoms with Crippen molar-refractivity contribution >= 4 is 33.8 Å². The van der Waals surface area contributed by atoms with Crippen LogP contribution in [-0.4, -0.2) is 71.6 Å². The van der Waals surface area contributed by atoms with Gasteiger partial charge in [0.05, 0.1) is 4.75 Å². The summed E-state index contributed by atoms with van der Waals surface area (Å²) in [5.41, 5.74) is -2.14. The molecule has 0 spiro atoms. The standard InChI is InChI=1S/C29H46N4O7S/c1-18-10-7-8-11-20-17-29(20,25(36)32-41(38,39)28(6)13-14-28)31-23(34)21-12-9-15-33(21)24(35)22(19(2)16-18)30-26(37)40-27(3,4)5/h8,11,18-22H,7,9-10,12-17H2,1-6H3,(H,30,37)(H,31,34)(H,32,36)/b11-8-/t18-,19-,20-,21+,22+,29-/m1/s1. The second-order valence-corrected chi connectivity index (χ2v) is 16.0. The van der Waals surface area contributed by atoms with Gasteiger partial charge in [0.15, 0.2) is 0 Å². The summed E-state index contributed by atoms with van der Waals surface area (Å²) in [6.45, 7) is 11.2. The minimum absolute atomic E-state index is 0.219. The van der Waals surface area contributed by atoms with Crippen molar-refractivity contribution in [2.45, 2.75) is 121 Å². The molecule has 4 aliphatic rings. The number of allylic oxidation sites excluding steroid dienone is 1. The summed E-state index contributed by atoms with van der Waals surface area (Å²) in [6.07, 6.45) is 7.63. The molecule has 4 amide bonds. The van der Waals surface area contributed by atoms with Crippen molar-refractivity contribution in [3.8, 4) is 0 Å². The number of ether oxygens (including phenoxy) is 1. The maximum absolute atomic E-state index is 13.9. The molecule has 41 heavy (non-hydrogen) atoms. The molecule has 2 heterocycles. The van der Waals surface area contributed by atoms with E-state index in [2.05, 4.69) is 22.3 Å². The van der Waals surface area contributed by atoms with Gasteiger partial charge >= 0.3 is 6.09 Å². The molecular weight excluding hydrogens is 548 g/mol. The van der Waals surface area contributed by atoms with Crippen molar-refractivity contribution in [2.75, 3.05) is 6.54 Å². The fourth-order valence-electron chi connectivity index (χ4n) is 5.96. The number of amides is 4. The topological polar surface area (TPSA) is 151 Å². The van der Waals surface area contributed by atoms with Crippen LogP contribution in [0.25, 0.3) is 0 Å². The highest BCUT2D eigenvalue weighted by Gasteiger charge is 2.63. The molecule has 0 bridgehead atoms. The number of fused-ring (bicyclic) bond motifs is 2. The number of alkyl carbamates (subject to hydrolysis) is 1. The van der Waals surface area contributed by atoms with Gasteiger partial charge in [-0.25, -0.2) is 13.2 Å². The second kappa shape index (κ2) is 11.2. The highest BCUT2D eigenvalue weighted by atomic mass is 32.2. The molecule has 0 aromatic rings. The molecule has 6 atom stereocenters. The number of rotatable bonds is 4. The molecule has 0 unspecified atom stereocenters. The maximum atomic E-state index is 13.9. The van der Waals surface area contributed by atoms with Crippen molar-refractivity contribution in [1.82, 2.24) is 20.3 Å². The second-order valence-electron chi connectivity index (χ2n) is 13.8. The molecule has 0 aromatic carbocycles. The fraction of sp³-hybridized carbons (Fsp3) is 0.793. The van der Waals surface area contributed by atoms with Gasteiger partial charge in [-0.2, -0.15) is 0 Å². The third-order valence-corrected chi connectivity index (χ3v) is 11.1. The molecule has 0 aromatic heterocycles. The largest absolute Gasteiger partial charge is 0.444 e. The van der Waals surface area contributed by atoms with Crippen molar-refractivity contribution in [1.29, 1.82) is 0 Å². The van der Waals surface area contributed by atoms with E-state index in [1.807, 2.05) is 19.1 Å². The number of sulfonamides is 1. The summed E-state index contributed by atoms with van der Waals surface area (Å²) < 4.78 is 32.4. The number of hydrogen-bond acceptors (Lipinski definition) is 7. The van der Waals surface area contributed by atoms with Crippen molar-refractivity contribution < 1.29 is 32.3 Å². The van der Waals surface area contributed by atoms with E-state index in [0.717, 1.165) is 12.8 Å². The van der Waals surface area contributed by atoms with Gasteiger partial charge in [0.1, 0.15) is 23.2 Å².